The number of thioether (sulfide) groups is 1. The second-order valence-electron chi connectivity index (χ2n) is 10.0. The van der Waals surface area contributed by atoms with Gasteiger partial charge in [-0.25, -0.2) is 15.0 Å². The van der Waals surface area contributed by atoms with Gasteiger partial charge in [-0.05, 0) is 31.9 Å². The summed E-state index contributed by atoms with van der Waals surface area (Å²) in [5.74, 6) is 0.703. The minimum atomic E-state index is -0.530. The molecule has 0 radical (unpaired) electrons. The van der Waals surface area contributed by atoms with Crippen LogP contribution in [-0.2, 0) is 32.0 Å². The van der Waals surface area contributed by atoms with Crippen molar-refractivity contribution < 1.29 is 19.0 Å². The number of carbonyl (C=O) groups is 1. The normalized spacial score (nSPS) is 17.9. The van der Waals surface area contributed by atoms with E-state index < -0.39 is 5.25 Å². The van der Waals surface area contributed by atoms with Crippen molar-refractivity contribution in [1.29, 1.82) is 0 Å². The van der Waals surface area contributed by atoms with E-state index in [-0.39, 0.29) is 11.6 Å². The lowest BCUT2D eigenvalue weighted by atomic mass is 9.90. The van der Waals surface area contributed by atoms with Gasteiger partial charge in [0.1, 0.15) is 27.3 Å². The molecule has 10 heteroatoms. The van der Waals surface area contributed by atoms with Gasteiger partial charge in [-0.3, -0.25) is 4.79 Å². The van der Waals surface area contributed by atoms with Crippen LogP contribution in [0.15, 0.2) is 41.7 Å². The monoisotopic (exact) mass is 550 g/mol. The molecule has 4 aromatic rings. The van der Waals surface area contributed by atoms with E-state index in [4.69, 9.17) is 24.2 Å². The lowest BCUT2D eigenvalue weighted by Gasteiger charge is -2.36. The average molecular weight is 551 g/mol. The van der Waals surface area contributed by atoms with Crippen LogP contribution in [0.5, 0.6) is 0 Å². The fraction of sp³-hybridized carbons (Fsp3) is 0.429. The Labute approximate surface area is 229 Å². The van der Waals surface area contributed by atoms with Crippen molar-refractivity contribution in [3.05, 3.63) is 53.3 Å². The van der Waals surface area contributed by atoms with Crippen LogP contribution < -0.4 is 4.90 Å². The zero-order valence-electron chi connectivity index (χ0n) is 21.7. The molecule has 1 fully saturated rings. The number of thiophene rings is 1. The Balaban J connectivity index is 1.50. The van der Waals surface area contributed by atoms with E-state index in [0.717, 1.165) is 61.9 Å². The number of esters is 1. The van der Waals surface area contributed by atoms with Gasteiger partial charge in [0.15, 0.2) is 0 Å². The molecule has 6 rings (SSSR count). The van der Waals surface area contributed by atoms with Gasteiger partial charge in [-0.1, -0.05) is 42.1 Å². The van der Waals surface area contributed by atoms with Gasteiger partial charge in [0.05, 0.1) is 42.2 Å². The standard InChI is InChI=1S/C28H30N4O4S2/c1-4-35-27(33)22(17-8-6-5-7-9-17)37-26-23-21(29-16-30-26)20-18-14-28(2,3)36-15-19(18)24(31-25(20)38-23)32-10-12-34-13-11-32/h5-9,16,22H,4,10-15H2,1-3H3. The Morgan fingerprint density at radius 1 is 1.18 bits per heavy atom. The van der Waals surface area contributed by atoms with Crippen LogP contribution in [-0.4, -0.2) is 59.4 Å². The molecule has 1 atom stereocenters. The van der Waals surface area contributed by atoms with Gasteiger partial charge in [0, 0.05) is 30.5 Å². The summed E-state index contributed by atoms with van der Waals surface area (Å²) in [6, 6.07) is 9.71. The molecule has 3 aromatic heterocycles. The lowest BCUT2D eigenvalue weighted by molar-refractivity contribution is -0.142. The van der Waals surface area contributed by atoms with E-state index >= 15 is 0 Å². The van der Waals surface area contributed by atoms with Crippen LogP contribution in [0.2, 0.25) is 0 Å². The molecular formula is C28H30N4O4S2. The number of pyridine rings is 1. The summed E-state index contributed by atoms with van der Waals surface area (Å²) >= 11 is 3.00. The molecule has 0 bridgehead atoms. The molecule has 0 saturated carbocycles. The number of benzene rings is 1. The first kappa shape index (κ1) is 25.5. The highest BCUT2D eigenvalue weighted by molar-refractivity contribution is 8.00. The lowest BCUT2D eigenvalue weighted by Crippen LogP contribution is -2.39. The Morgan fingerprint density at radius 3 is 2.74 bits per heavy atom. The third kappa shape index (κ3) is 4.75. The summed E-state index contributed by atoms with van der Waals surface area (Å²) in [7, 11) is 0. The number of hydrogen-bond acceptors (Lipinski definition) is 10. The van der Waals surface area contributed by atoms with Crippen LogP contribution in [0.4, 0.5) is 5.82 Å². The summed E-state index contributed by atoms with van der Waals surface area (Å²) in [6.45, 7) is 9.91. The molecule has 0 amide bonds. The van der Waals surface area contributed by atoms with E-state index in [0.29, 0.717) is 26.4 Å². The van der Waals surface area contributed by atoms with Crippen molar-refractivity contribution in [3.63, 3.8) is 0 Å². The predicted molar refractivity (Wildman–Crippen MR) is 150 cm³/mol. The molecule has 0 aliphatic carbocycles. The summed E-state index contributed by atoms with van der Waals surface area (Å²) in [5.41, 5.74) is 3.87. The van der Waals surface area contributed by atoms with Crippen molar-refractivity contribution in [2.75, 3.05) is 37.8 Å². The molecule has 0 N–H and O–H groups in total. The van der Waals surface area contributed by atoms with Gasteiger partial charge < -0.3 is 19.1 Å². The number of hydrogen-bond donors (Lipinski definition) is 0. The molecule has 38 heavy (non-hydrogen) atoms. The molecule has 2 aliphatic heterocycles. The van der Waals surface area contributed by atoms with Gasteiger partial charge in [0.2, 0.25) is 0 Å². The number of nitrogens with zero attached hydrogens (tertiary/aromatic N) is 4. The molecule has 2 aliphatic rings. The van der Waals surface area contributed by atoms with Crippen LogP contribution in [0, 0.1) is 0 Å². The molecule has 0 spiro atoms. The van der Waals surface area contributed by atoms with E-state index in [1.165, 1.54) is 17.3 Å². The van der Waals surface area contributed by atoms with Crippen LogP contribution in [0.1, 0.15) is 42.7 Å². The topological polar surface area (TPSA) is 86.7 Å². The van der Waals surface area contributed by atoms with Crippen molar-refractivity contribution >= 4 is 55.3 Å². The molecule has 1 saturated heterocycles. The fourth-order valence-corrected chi connectivity index (χ4v) is 7.40. The summed E-state index contributed by atoms with van der Waals surface area (Å²) < 4.78 is 18.2. The molecule has 1 aromatic carbocycles. The average Bonchev–Trinajstić information content (AvgIpc) is 3.31. The number of fused-ring (bicyclic) bond motifs is 5. The number of carbonyl (C=O) groups excluding carboxylic acids is 1. The Kier molecular flexibility index (Phi) is 6.98. The highest BCUT2D eigenvalue weighted by atomic mass is 32.2. The maximum absolute atomic E-state index is 13.0. The number of aromatic nitrogens is 3. The van der Waals surface area contributed by atoms with Gasteiger partial charge in [-0.2, -0.15) is 0 Å². The predicted octanol–water partition coefficient (Wildman–Crippen LogP) is 5.32. The smallest absolute Gasteiger partial charge is 0.324 e. The second kappa shape index (κ2) is 10.4. The Morgan fingerprint density at radius 2 is 1.97 bits per heavy atom. The summed E-state index contributed by atoms with van der Waals surface area (Å²) in [4.78, 5) is 30.8. The minimum absolute atomic E-state index is 0.277. The van der Waals surface area contributed by atoms with E-state index in [1.807, 2.05) is 37.3 Å². The third-order valence-corrected chi connectivity index (χ3v) is 9.36. The van der Waals surface area contributed by atoms with Crippen molar-refractivity contribution in [2.45, 2.75) is 49.7 Å². The van der Waals surface area contributed by atoms with E-state index in [2.05, 4.69) is 23.7 Å². The van der Waals surface area contributed by atoms with Crippen molar-refractivity contribution in [3.8, 4) is 0 Å². The van der Waals surface area contributed by atoms with Gasteiger partial charge >= 0.3 is 5.97 Å². The second-order valence-corrected chi connectivity index (χ2v) is 12.1. The SMILES string of the molecule is CCOC(=O)C(Sc1ncnc2c1sc1nc(N3CCOCC3)c3c(c12)CC(C)(C)OC3)c1ccccc1. The quantitative estimate of drug-likeness (QED) is 0.180. The molecule has 5 heterocycles. The minimum Gasteiger partial charge on any atom is -0.465 e. The first-order valence-corrected chi connectivity index (χ1v) is 14.6. The fourth-order valence-electron chi connectivity index (χ4n) is 5.10. The summed E-state index contributed by atoms with van der Waals surface area (Å²) in [5, 5.41) is 1.30. The first-order chi connectivity index (χ1) is 18.4. The van der Waals surface area contributed by atoms with Gasteiger partial charge in [-0.15, -0.1) is 11.3 Å². The van der Waals surface area contributed by atoms with Crippen LogP contribution in [0.3, 0.4) is 0 Å². The maximum Gasteiger partial charge on any atom is 0.324 e. The number of rotatable bonds is 6. The van der Waals surface area contributed by atoms with Crippen LogP contribution >= 0.6 is 23.1 Å². The van der Waals surface area contributed by atoms with Crippen LogP contribution in [0.25, 0.3) is 20.4 Å². The zero-order chi connectivity index (χ0) is 26.3. The first-order valence-electron chi connectivity index (χ1n) is 12.9. The number of anilines is 1. The van der Waals surface area contributed by atoms with E-state index in [9.17, 15) is 4.79 Å². The Hall–Kier alpha value is -2.79. The van der Waals surface area contributed by atoms with Crippen molar-refractivity contribution in [2.24, 2.45) is 0 Å². The summed E-state index contributed by atoms with van der Waals surface area (Å²) in [6.07, 6.45) is 2.36. The van der Waals surface area contributed by atoms with Gasteiger partial charge in [0.25, 0.3) is 0 Å². The highest BCUT2D eigenvalue weighted by Gasteiger charge is 2.34. The molecular weight excluding hydrogens is 520 g/mol. The largest absolute Gasteiger partial charge is 0.465 e. The third-order valence-electron chi connectivity index (χ3n) is 6.92. The number of ether oxygens (including phenoxy) is 3. The Bertz CT molecular complexity index is 1490. The van der Waals surface area contributed by atoms with E-state index in [1.54, 1.807) is 17.7 Å². The molecule has 198 valence electrons. The molecule has 8 nitrogen and oxygen atoms in total. The zero-order valence-corrected chi connectivity index (χ0v) is 23.4. The number of morpholine rings is 1. The highest BCUT2D eigenvalue weighted by Crippen LogP contribution is 2.46. The van der Waals surface area contributed by atoms with Crippen molar-refractivity contribution in [1.82, 2.24) is 15.0 Å². The molecule has 1 unspecified atom stereocenters. The maximum atomic E-state index is 13.0.